The van der Waals surface area contributed by atoms with E-state index in [2.05, 4.69) is 29.1 Å². The summed E-state index contributed by atoms with van der Waals surface area (Å²) in [6.07, 6.45) is 1.27. The number of ether oxygens (including phenoxy) is 2. The molecule has 2 unspecified atom stereocenters. The van der Waals surface area contributed by atoms with Crippen molar-refractivity contribution in [2.24, 2.45) is 22.6 Å². The summed E-state index contributed by atoms with van der Waals surface area (Å²) < 4.78 is 10.8. The van der Waals surface area contributed by atoms with E-state index in [1.165, 1.54) is 6.42 Å². The first kappa shape index (κ1) is 15.9. The number of guanidine groups is 1. The third-order valence-electron chi connectivity index (χ3n) is 4.19. The Kier molecular flexibility index (Phi) is 4.91. The molecule has 2 aliphatic rings. The van der Waals surface area contributed by atoms with Gasteiger partial charge in [0.25, 0.3) is 0 Å². The maximum Gasteiger partial charge on any atom is 0.231 e. The monoisotopic (exact) mass is 318 g/mol. The molecule has 1 aromatic rings. The third-order valence-corrected chi connectivity index (χ3v) is 4.19. The smallest absolute Gasteiger partial charge is 0.231 e. The van der Waals surface area contributed by atoms with Gasteiger partial charge in [-0.3, -0.25) is 4.99 Å². The normalized spacial score (nSPS) is 24.0. The molecule has 0 spiro atoms. The highest BCUT2D eigenvalue weighted by atomic mass is 16.7. The van der Waals surface area contributed by atoms with Gasteiger partial charge < -0.3 is 25.4 Å². The minimum Gasteiger partial charge on any atom is -0.454 e. The molecule has 0 radical (unpaired) electrons. The van der Waals surface area contributed by atoms with Crippen molar-refractivity contribution in [3.63, 3.8) is 0 Å². The topological polar surface area (TPSA) is 72.1 Å². The van der Waals surface area contributed by atoms with Gasteiger partial charge in [0.1, 0.15) is 0 Å². The zero-order valence-electron chi connectivity index (χ0n) is 13.9. The van der Waals surface area contributed by atoms with Crippen LogP contribution in [0.4, 0.5) is 5.69 Å². The number of rotatable bonds is 3. The highest BCUT2D eigenvalue weighted by Crippen LogP contribution is 2.34. The van der Waals surface area contributed by atoms with Crippen LogP contribution in [0.2, 0.25) is 0 Å². The van der Waals surface area contributed by atoms with Gasteiger partial charge in [0, 0.05) is 31.4 Å². The Hall–Kier alpha value is -1.95. The molecule has 0 bridgehead atoms. The highest BCUT2D eigenvalue weighted by molar-refractivity contribution is 5.94. The van der Waals surface area contributed by atoms with Crippen molar-refractivity contribution < 1.29 is 9.47 Å². The van der Waals surface area contributed by atoms with Crippen molar-refractivity contribution >= 4 is 11.6 Å². The lowest BCUT2D eigenvalue weighted by molar-refractivity contribution is 0.174. The summed E-state index contributed by atoms with van der Waals surface area (Å²) in [5.41, 5.74) is 6.59. The SMILES string of the molecule is CC1CC(C)CN(C(=NCCN)Nc2ccc3c(c2)OCO3)C1. The summed E-state index contributed by atoms with van der Waals surface area (Å²) >= 11 is 0. The van der Waals surface area contributed by atoms with Gasteiger partial charge in [-0.05, 0) is 30.4 Å². The fourth-order valence-corrected chi connectivity index (χ4v) is 3.33. The molecule has 2 aliphatic heterocycles. The van der Waals surface area contributed by atoms with Crippen LogP contribution < -0.4 is 20.5 Å². The Labute approximate surface area is 137 Å². The molecule has 1 fully saturated rings. The van der Waals surface area contributed by atoms with Crippen LogP contribution in [0.3, 0.4) is 0 Å². The number of nitrogens with zero attached hydrogens (tertiary/aromatic N) is 2. The summed E-state index contributed by atoms with van der Waals surface area (Å²) in [5, 5.41) is 3.44. The van der Waals surface area contributed by atoms with Crippen molar-refractivity contribution in [1.82, 2.24) is 4.90 Å². The third kappa shape index (κ3) is 3.88. The first-order valence-corrected chi connectivity index (χ1v) is 8.32. The van der Waals surface area contributed by atoms with Crippen molar-refractivity contribution in [2.75, 3.05) is 38.3 Å². The standard InChI is InChI=1S/C17H26N4O2/c1-12-7-13(2)10-21(9-12)17(19-6-5-18)20-14-3-4-15-16(8-14)23-11-22-15/h3-4,8,12-13H,5-7,9-11,18H2,1-2H3,(H,19,20). The van der Waals surface area contributed by atoms with Gasteiger partial charge in [-0.25, -0.2) is 0 Å². The Bertz CT molecular complexity index is 566. The zero-order valence-corrected chi connectivity index (χ0v) is 13.9. The molecular weight excluding hydrogens is 292 g/mol. The van der Waals surface area contributed by atoms with Crippen LogP contribution in [0.1, 0.15) is 20.3 Å². The second-order valence-electron chi connectivity index (χ2n) is 6.54. The summed E-state index contributed by atoms with van der Waals surface area (Å²) in [4.78, 5) is 6.99. The van der Waals surface area contributed by atoms with E-state index in [1.807, 2.05) is 18.2 Å². The molecule has 0 aliphatic carbocycles. The molecule has 2 heterocycles. The lowest BCUT2D eigenvalue weighted by Crippen LogP contribution is -2.45. The molecule has 23 heavy (non-hydrogen) atoms. The molecule has 0 saturated carbocycles. The van der Waals surface area contributed by atoms with Crippen LogP contribution in [0.25, 0.3) is 0 Å². The number of aliphatic imine (C=N–C) groups is 1. The number of anilines is 1. The minimum atomic E-state index is 0.286. The average molecular weight is 318 g/mol. The molecule has 2 atom stereocenters. The molecule has 3 N–H and O–H groups in total. The van der Waals surface area contributed by atoms with Crippen LogP contribution in [-0.2, 0) is 0 Å². The van der Waals surface area contributed by atoms with E-state index in [0.29, 0.717) is 24.9 Å². The van der Waals surface area contributed by atoms with Gasteiger partial charge in [-0.15, -0.1) is 0 Å². The number of benzene rings is 1. The van der Waals surface area contributed by atoms with E-state index in [-0.39, 0.29) is 6.79 Å². The first-order valence-electron chi connectivity index (χ1n) is 8.32. The molecule has 6 nitrogen and oxygen atoms in total. The summed E-state index contributed by atoms with van der Waals surface area (Å²) in [7, 11) is 0. The summed E-state index contributed by atoms with van der Waals surface area (Å²) in [6, 6.07) is 5.87. The van der Waals surface area contributed by atoms with E-state index in [1.54, 1.807) is 0 Å². The maximum atomic E-state index is 5.64. The van der Waals surface area contributed by atoms with Crippen LogP contribution >= 0.6 is 0 Å². The van der Waals surface area contributed by atoms with Gasteiger partial charge in [-0.1, -0.05) is 13.8 Å². The Morgan fingerprint density at radius 2 is 2.00 bits per heavy atom. The molecular formula is C17H26N4O2. The number of hydrogen-bond acceptors (Lipinski definition) is 4. The van der Waals surface area contributed by atoms with Gasteiger partial charge in [0.2, 0.25) is 6.79 Å². The van der Waals surface area contributed by atoms with E-state index < -0.39 is 0 Å². The Morgan fingerprint density at radius 1 is 1.26 bits per heavy atom. The Balaban J connectivity index is 1.76. The molecule has 1 saturated heterocycles. The van der Waals surface area contributed by atoms with Gasteiger partial charge >= 0.3 is 0 Å². The summed E-state index contributed by atoms with van der Waals surface area (Å²) in [5.74, 6) is 3.79. The number of fused-ring (bicyclic) bond motifs is 1. The molecule has 3 rings (SSSR count). The van der Waals surface area contributed by atoms with Crippen molar-refractivity contribution in [1.29, 1.82) is 0 Å². The maximum absolute atomic E-state index is 5.64. The largest absolute Gasteiger partial charge is 0.454 e. The molecule has 0 amide bonds. The van der Waals surface area contributed by atoms with Crippen LogP contribution in [0, 0.1) is 11.8 Å². The van der Waals surface area contributed by atoms with Crippen LogP contribution in [-0.4, -0.2) is 43.8 Å². The number of nitrogens with one attached hydrogen (secondary N) is 1. The van der Waals surface area contributed by atoms with Gasteiger partial charge in [0.05, 0.1) is 6.54 Å². The molecule has 6 heteroatoms. The van der Waals surface area contributed by atoms with E-state index >= 15 is 0 Å². The van der Waals surface area contributed by atoms with Crippen molar-refractivity contribution in [3.05, 3.63) is 18.2 Å². The fraction of sp³-hybridized carbons (Fsp3) is 0.588. The number of piperidine rings is 1. The number of hydrogen-bond donors (Lipinski definition) is 2. The lowest BCUT2D eigenvalue weighted by Gasteiger charge is -2.37. The fourth-order valence-electron chi connectivity index (χ4n) is 3.33. The van der Waals surface area contributed by atoms with Crippen molar-refractivity contribution in [3.8, 4) is 11.5 Å². The average Bonchev–Trinajstić information content (AvgIpc) is 2.98. The number of nitrogens with two attached hydrogens (primary N) is 1. The Morgan fingerprint density at radius 3 is 2.74 bits per heavy atom. The lowest BCUT2D eigenvalue weighted by atomic mass is 9.92. The quantitative estimate of drug-likeness (QED) is 0.660. The summed E-state index contributed by atoms with van der Waals surface area (Å²) in [6.45, 7) is 8.08. The zero-order chi connectivity index (χ0) is 16.2. The predicted molar refractivity (Wildman–Crippen MR) is 92.1 cm³/mol. The second-order valence-corrected chi connectivity index (χ2v) is 6.54. The van der Waals surface area contributed by atoms with E-state index in [0.717, 1.165) is 36.2 Å². The molecule has 0 aromatic heterocycles. The van der Waals surface area contributed by atoms with Crippen LogP contribution in [0.5, 0.6) is 11.5 Å². The molecule has 126 valence electrons. The van der Waals surface area contributed by atoms with Gasteiger partial charge in [-0.2, -0.15) is 0 Å². The van der Waals surface area contributed by atoms with Gasteiger partial charge in [0.15, 0.2) is 17.5 Å². The second kappa shape index (κ2) is 7.08. The molecule has 1 aromatic carbocycles. The first-order chi connectivity index (χ1) is 11.2. The van der Waals surface area contributed by atoms with Crippen LogP contribution in [0.15, 0.2) is 23.2 Å². The highest BCUT2D eigenvalue weighted by Gasteiger charge is 2.24. The van der Waals surface area contributed by atoms with Crippen molar-refractivity contribution in [2.45, 2.75) is 20.3 Å². The minimum absolute atomic E-state index is 0.286. The number of likely N-dealkylation sites (tertiary alicyclic amines) is 1. The predicted octanol–water partition coefficient (Wildman–Crippen LogP) is 2.12. The van der Waals surface area contributed by atoms with E-state index in [4.69, 9.17) is 15.2 Å². The van der Waals surface area contributed by atoms with E-state index in [9.17, 15) is 0 Å².